The van der Waals surface area contributed by atoms with Gasteiger partial charge in [-0.15, -0.1) is 5.10 Å². The Hall–Kier alpha value is -1.58. The van der Waals surface area contributed by atoms with Gasteiger partial charge in [-0.2, -0.15) is 9.67 Å². The van der Waals surface area contributed by atoms with Crippen LogP contribution in [0.25, 0.3) is 5.69 Å². The number of rotatable bonds is 3. The molecule has 1 heterocycles. The third kappa shape index (κ3) is 2.57. The van der Waals surface area contributed by atoms with E-state index in [9.17, 15) is 0 Å². The molecule has 2 N–H and O–H groups in total. The number of hydrogen-bond donors (Lipinski definition) is 1. The molecule has 0 saturated carbocycles. The number of nitrogens with two attached hydrogens (primary N) is 1. The lowest BCUT2D eigenvalue weighted by atomic mass is 9.03. The van der Waals surface area contributed by atoms with Crippen molar-refractivity contribution in [2.75, 3.05) is 5.73 Å². The second-order valence-electron chi connectivity index (χ2n) is 5.23. The summed E-state index contributed by atoms with van der Waals surface area (Å²) in [5, 5.41) is 4.36. The van der Waals surface area contributed by atoms with E-state index in [-0.39, 0.29) is 0 Å². The standard InChI is InChI=1S/C11H18B4N4/c1-6-5-10(19-11(16)17-8(3)18-19)7(2)4-9(6)15(13)14-12/h4-5,14H,12-13H2,1-3H3,(H2,16,17,18). The quantitative estimate of drug-likeness (QED) is 0.646. The molecule has 0 unspecified atom stereocenters. The lowest BCUT2D eigenvalue weighted by molar-refractivity contribution is 0.864. The van der Waals surface area contributed by atoms with Crippen LogP contribution < -0.4 is 11.2 Å². The molecule has 0 atom stereocenters. The van der Waals surface area contributed by atoms with E-state index in [0.29, 0.717) is 18.3 Å². The SMILES string of the molecule is BBB(B)c1cc(C)c(-n2nc(C)nc2N)cc1C. The van der Waals surface area contributed by atoms with E-state index in [1.54, 1.807) is 4.68 Å². The highest BCUT2D eigenvalue weighted by Crippen LogP contribution is 2.17. The molecule has 0 saturated heterocycles. The number of aryl methyl sites for hydroxylation is 3. The summed E-state index contributed by atoms with van der Waals surface area (Å²) in [6.07, 6.45) is 0. The van der Waals surface area contributed by atoms with Gasteiger partial charge in [0, 0.05) is 0 Å². The second kappa shape index (κ2) is 5.19. The highest BCUT2D eigenvalue weighted by atomic mass is 15.4. The Balaban J connectivity index is 2.55. The van der Waals surface area contributed by atoms with Crippen LogP contribution in [-0.4, -0.2) is 43.8 Å². The maximum Gasteiger partial charge on any atom is 0.223 e. The molecule has 0 aliphatic heterocycles. The fourth-order valence-electron chi connectivity index (χ4n) is 2.41. The van der Waals surface area contributed by atoms with Crippen molar-refractivity contribution in [3.05, 3.63) is 29.1 Å². The first-order chi connectivity index (χ1) is 8.93. The van der Waals surface area contributed by atoms with Gasteiger partial charge in [0.1, 0.15) is 5.82 Å². The largest absolute Gasteiger partial charge is 0.368 e. The molecule has 0 spiro atoms. The predicted octanol–water partition coefficient (Wildman–Crippen LogP) is -1.91. The zero-order valence-electron chi connectivity index (χ0n) is 12.4. The van der Waals surface area contributed by atoms with Crippen molar-refractivity contribution in [1.29, 1.82) is 0 Å². The van der Waals surface area contributed by atoms with Crippen LogP contribution in [0.3, 0.4) is 0 Å². The van der Waals surface area contributed by atoms with Crippen LogP contribution in [0.1, 0.15) is 17.0 Å². The van der Waals surface area contributed by atoms with Gasteiger partial charge in [0.05, 0.1) is 34.7 Å². The Morgan fingerprint density at radius 3 is 2.47 bits per heavy atom. The molecule has 0 amide bonds. The van der Waals surface area contributed by atoms with Crippen molar-refractivity contribution in [2.24, 2.45) is 0 Å². The number of nitrogens with zero attached hydrogens (tertiary/aromatic N) is 3. The summed E-state index contributed by atoms with van der Waals surface area (Å²) in [5.41, 5.74) is 10.8. The van der Waals surface area contributed by atoms with E-state index >= 15 is 0 Å². The van der Waals surface area contributed by atoms with Gasteiger partial charge in [0.25, 0.3) is 0 Å². The summed E-state index contributed by atoms with van der Waals surface area (Å²) < 4.78 is 1.72. The number of nitrogen functional groups attached to an aromatic ring is 1. The Bertz CT molecular complexity index is 611. The fourth-order valence-corrected chi connectivity index (χ4v) is 2.41. The van der Waals surface area contributed by atoms with Gasteiger partial charge in [-0.05, 0) is 32.4 Å². The Kier molecular flexibility index (Phi) is 3.78. The first-order valence-corrected chi connectivity index (χ1v) is 6.74. The van der Waals surface area contributed by atoms with Gasteiger partial charge < -0.3 is 5.73 Å². The zero-order chi connectivity index (χ0) is 14.2. The van der Waals surface area contributed by atoms with Crippen molar-refractivity contribution in [3.63, 3.8) is 0 Å². The molecular formula is C11H18B4N4. The monoisotopic (exact) mass is 250 g/mol. The van der Waals surface area contributed by atoms with Gasteiger partial charge in [-0.1, -0.05) is 17.1 Å². The number of hydrogen-bond acceptors (Lipinski definition) is 3. The normalized spacial score (nSPS) is 10.5. The molecule has 2 aromatic rings. The minimum absolute atomic E-state index is 0.441. The number of aromatic nitrogens is 3. The van der Waals surface area contributed by atoms with E-state index in [2.05, 4.69) is 51.5 Å². The number of anilines is 1. The Labute approximate surface area is 117 Å². The van der Waals surface area contributed by atoms with Crippen molar-refractivity contribution >= 4 is 40.4 Å². The summed E-state index contributed by atoms with van der Waals surface area (Å²) in [7, 11) is 5.62. The highest BCUT2D eigenvalue weighted by molar-refractivity contribution is 7.50. The predicted molar refractivity (Wildman–Crippen MR) is 89.6 cm³/mol. The minimum atomic E-state index is 0.441. The summed E-state index contributed by atoms with van der Waals surface area (Å²) >= 11 is 0. The van der Waals surface area contributed by atoms with E-state index in [1.807, 2.05) is 6.92 Å². The third-order valence-electron chi connectivity index (χ3n) is 3.69. The van der Waals surface area contributed by atoms with E-state index < -0.39 is 0 Å². The highest BCUT2D eigenvalue weighted by Gasteiger charge is 2.15. The van der Waals surface area contributed by atoms with Gasteiger partial charge >= 0.3 is 0 Å². The maximum atomic E-state index is 5.91. The average Bonchev–Trinajstić information content (AvgIpc) is 2.69. The van der Waals surface area contributed by atoms with Crippen LogP contribution in [0.15, 0.2) is 12.1 Å². The van der Waals surface area contributed by atoms with Gasteiger partial charge in [0.2, 0.25) is 5.95 Å². The molecule has 1 aromatic carbocycles. The van der Waals surface area contributed by atoms with Crippen LogP contribution in [-0.2, 0) is 0 Å². The molecule has 1 aromatic heterocycles. The maximum absolute atomic E-state index is 5.91. The topological polar surface area (TPSA) is 56.7 Å². The molecule has 0 radical (unpaired) electrons. The Morgan fingerprint density at radius 1 is 1.26 bits per heavy atom. The molecule has 2 rings (SSSR count). The molecule has 0 bridgehead atoms. The molecule has 4 nitrogen and oxygen atoms in total. The summed E-state index contributed by atoms with van der Waals surface area (Å²) in [4.78, 5) is 4.16. The van der Waals surface area contributed by atoms with Crippen LogP contribution >= 0.6 is 0 Å². The van der Waals surface area contributed by atoms with Gasteiger partial charge in [-0.25, -0.2) is 0 Å². The van der Waals surface area contributed by atoms with E-state index in [4.69, 9.17) is 5.73 Å². The summed E-state index contributed by atoms with van der Waals surface area (Å²) in [5.74, 6) is 1.14. The summed E-state index contributed by atoms with van der Waals surface area (Å²) in [6, 6.07) is 4.40. The molecule has 0 aliphatic carbocycles. The molecular weight excluding hydrogens is 231 g/mol. The van der Waals surface area contributed by atoms with Crippen molar-refractivity contribution in [1.82, 2.24) is 14.8 Å². The third-order valence-corrected chi connectivity index (χ3v) is 3.69. The average molecular weight is 250 g/mol. The fraction of sp³-hybridized carbons (Fsp3) is 0.273. The first-order valence-electron chi connectivity index (χ1n) is 6.74. The molecule has 94 valence electrons. The van der Waals surface area contributed by atoms with E-state index in [0.717, 1.165) is 12.7 Å². The Morgan fingerprint density at radius 2 is 1.95 bits per heavy atom. The molecule has 8 heteroatoms. The van der Waals surface area contributed by atoms with Crippen molar-refractivity contribution in [2.45, 2.75) is 20.8 Å². The van der Waals surface area contributed by atoms with Gasteiger partial charge in [0.15, 0.2) is 0 Å². The lowest BCUT2D eigenvalue weighted by Gasteiger charge is -2.15. The molecule has 19 heavy (non-hydrogen) atoms. The molecule has 0 aliphatic rings. The van der Waals surface area contributed by atoms with Crippen LogP contribution in [0, 0.1) is 20.8 Å². The zero-order valence-corrected chi connectivity index (χ0v) is 12.4. The first kappa shape index (κ1) is 13.8. The van der Waals surface area contributed by atoms with E-state index in [1.165, 1.54) is 16.6 Å². The second-order valence-corrected chi connectivity index (χ2v) is 5.23. The lowest BCUT2D eigenvalue weighted by Crippen LogP contribution is -2.40. The smallest absolute Gasteiger partial charge is 0.223 e. The van der Waals surface area contributed by atoms with Crippen LogP contribution in [0.5, 0.6) is 0 Å². The van der Waals surface area contributed by atoms with Crippen LogP contribution in [0.2, 0.25) is 0 Å². The van der Waals surface area contributed by atoms with Crippen molar-refractivity contribution < 1.29 is 0 Å². The minimum Gasteiger partial charge on any atom is -0.368 e. The summed E-state index contributed by atoms with van der Waals surface area (Å²) in [6.45, 7) is 6.66. The molecule has 0 fully saturated rings. The van der Waals surface area contributed by atoms with Gasteiger partial charge in [-0.3, -0.25) is 0 Å². The van der Waals surface area contributed by atoms with Crippen LogP contribution in [0.4, 0.5) is 5.95 Å². The van der Waals surface area contributed by atoms with Crippen molar-refractivity contribution in [3.8, 4) is 5.69 Å². The number of benzene rings is 1.